The molecular weight excluding hydrogens is 468 g/mol. The Morgan fingerprint density at radius 3 is 2.49 bits per heavy atom. The lowest BCUT2D eigenvalue weighted by Crippen LogP contribution is -2.44. The lowest BCUT2D eigenvalue weighted by atomic mass is 10.1. The number of hydrogen-bond donors (Lipinski definition) is 3. The van der Waals surface area contributed by atoms with Crippen LogP contribution in [0.4, 0.5) is 29.0 Å². The molecule has 194 valence electrons. The Balaban J connectivity index is 1.42. The predicted octanol–water partition coefficient (Wildman–Crippen LogP) is 3.14. The third kappa shape index (κ3) is 5.14. The molecule has 0 saturated carbocycles. The van der Waals surface area contributed by atoms with Crippen molar-refractivity contribution in [3.05, 3.63) is 72.6 Å². The third-order valence-corrected chi connectivity index (χ3v) is 6.70. The van der Waals surface area contributed by atoms with Crippen LogP contribution in [0.1, 0.15) is 31.3 Å². The summed E-state index contributed by atoms with van der Waals surface area (Å²) in [5.74, 6) is 1.45. The number of rotatable bonds is 7. The van der Waals surface area contributed by atoms with Gasteiger partial charge in [-0.1, -0.05) is 12.1 Å². The van der Waals surface area contributed by atoms with E-state index in [0.717, 1.165) is 31.9 Å². The van der Waals surface area contributed by atoms with Gasteiger partial charge in [0, 0.05) is 50.3 Å². The van der Waals surface area contributed by atoms with E-state index in [2.05, 4.69) is 50.8 Å². The van der Waals surface area contributed by atoms with Crippen LogP contribution in [0.25, 0.3) is 0 Å². The zero-order chi connectivity index (χ0) is 26.2. The predicted molar refractivity (Wildman–Crippen MR) is 145 cm³/mol. The number of hydrogen-bond acceptors (Lipinski definition) is 10. The SMILES string of the molecule is C=CCN1C(O)c2cnc(Nc3ccc(N4CCN(C)CC4)cc3)nc2N1c1cccc(C(C)(C)O)n1. The third-order valence-electron chi connectivity index (χ3n) is 6.70. The van der Waals surface area contributed by atoms with Gasteiger partial charge in [0.25, 0.3) is 0 Å². The molecule has 2 aliphatic heterocycles. The van der Waals surface area contributed by atoms with Crippen LogP contribution in [-0.2, 0) is 5.60 Å². The number of aliphatic hydroxyl groups is 2. The van der Waals surface area contributed by atoms with Gasteiger partial charge < -0.3 is 25.3 Å². The van der Waals surface area contributed by atoms with Gasteiger partial charge in [0.2, 0.25) is 5.95 Å². The van der Waals surface area contributed by atoms with Crippen LogP contribution < -0.4 is 15.2 Å². The lowest BCUT2D eigenvalue weighted by molar-refractivity contribution is 0.0244. The van der Waals surface area contributed by atoms with Gasteiger partial charge in [-0.25, -0.2) is 15.0 Å². The van der Waals surface area contributed by atoms with E-state index in [1.54, 1.807) is 42.2 Å². The van der Waals surface area contributed by atoms with E-state index in [0.29, 0.717) is 35.4 Å². The molecule has 0 aliphatic carbocycles. The first-order chi connectivity index (χ1) is 17.7. The molecule has 0 bridgehead atoms. The zero-order valence-corrected chi connectivity index (χ0v) is 21.5. The molecule has 5 rings (SSSR count). The molecule has 1 aromatic carbocycles. The van der Waals surface area contributed by atoms with E-state index < -0.39 is 11.8 Å². The number of likely N-dealkylation sites (N-methyl/N-ethyl adjacent to an activating group) is 1. The number of aliphatic hydroxyl groups excluding tert-OH is 1. The molecule has 4 heterocycles. The number of piperazine rings is 1. The van der Waals surface area contributed by atoms with Gasteiger partial charge in [-0.05, 0) is 57.3 Å². The molecule has 2 aliphatic rings. The zero-order valence-electron chi connectivity index (χ0n) is 21.5. The van der Waals surface area contributed by atoms with Gasteiger partial charge >= 0.3 is 0 Å². The lowest BCUT2D eigenvalue weighted by Gasteiger charge is -2.34. The Morgan fingerprint density at radius 1 is 1.08 bits per heavy atom. The molecular formula is C27H34N8O2. The van der Waals surface area contributed by atoms with Gasteiger partial charge in [0.05, 0.1) is 11.3 Å². The van der Waals surface area contributed by atoms with E-state index in [9.17, 15) is 10.2 Å². The smallest absolute Gasteiger partial charge is 0.229 e. The number of benzene rings is 1. The van der Waals surface area contributed by atoms with Crippen LogP contribution in [0.2, 0.25) is 0 Å². The molecule has 3 N–H and O–H groups in total. The van der Waals surface area contributed by atoms with Crippen molar-refractivity contribution in [1.29, 1.82) is 0 Å². The highest BCUT2D eigenvalue weighted by Crippen LogP contribution is 2.41. The van der Waals surface area contributed by atoms with Crippen molar-refractivity contribution in [2.45, 2.75) is 25.7 Å². The largest absolute Gasteiger partial charge is 0.384 e. The average Bonchev–Trinajstić information content (AvgIpc) is 3.15. The standard InChI is InChI=1S/C27H34N8O2/c1-5-13-34-25(36)21-18-28-26(29-19-9-11-20(12-10-19)33-16-14-32(4)15-17-33)31-24(21)35(34)23-8-6-7-22(30-23)27(2,3)37/h5-12,18,25,36-37H,1,13-17H2,2-4H3,(H,28,29,31). The van der Waals surface area contributed by atoms with Crippen molar-refractivity contribution in [3.8, 4) is 0 Å². The highest BCUT2D eigenvalue weighted by Gasteiger charge is 2.39. The minimum absolute atomic E-state index is 0.364. The summed E-state index contributed by atoms with van der Waals surface area (Å²) in [5.41, 5.74) is 2.02. The fourth-order valence-electron chi connectivity index (χ4n) is 4.57. The first-order valence-corrected chi connectivity index (χ1v) is 12.5. The number of fused-ring (bicyclic) bond motifs is 1. The second-order valence-corrected chi connectivity index (χ2v) is 9.97. The molecule has 0 radical (unpaired) electrons. The van der Waals surface area contributed by atoms with E-state index in [1.165, 1.54) is 5.69 Å². The van der Waals surface area contributed by atoms with Crippen molar-refractivity contribution in [1.82, 2.24) is 24.9 Å². The Bertz CT molecular complexity index is 1250. The van der Waals surface area contributed by atoms with Crippen molar-refractivity contribution in [2.24, 2.45) is 0 Å². The molecule has 0 amide bonds. The molecule has 37 heavy (non-hydrogen) atoms. The van der Waals surface area contributed by atoms with Gasteiger partial charge in [0.1, 0.15) is 11.4 Å². The molecule has 1 saturated heterocycles. The first kappa shape index (κ1) is 25.1. The Hall–Kier alpha value is -3.57. The minimum Gasteiger partial charge on any atom is -0.384 e. The molecule has 2 aromatic heterocycles. The summed E-state index contributed by atoms with van der Waals surface area (Å²) in [5, 5.41) is 28.3. The van der Waals surface area contributed by atoms with Gasteiger partial charge in [-0.15, -0.1) is 6.58 Å². The number of nitrogens with zero attached hydrogens (tertiary/aromatic N) is 7. The molecule has 1 unspecified atom stereocenters. The van der Waals surface area contributed by atoms with Crippen molar-refractivity contribution in [2.75, 3.05) is 55.0 Å². The van der Waals surface area contributed by atoms with Crippen LogP contribution in [0, 0.1) is 0 Å². The summed E-state index contributed by atoms with van der Waals surface area (Å²) in [4.78, 5) is 18.6. The monoisotopic (exact) mass is 502 g/mol. The topological polar surface area (TPSA) is 104 Å². The number of aromatic nitrogens is 3. The number of nitrogens with one attached hydrogen (secondary N) is 1. The quantitative estimate of drug-likeness (QED) is 0.418. The maximum Gasteiger partial charge on any atom is 0.229 e. The van der Waals surface area contributed by atoms with Crippen LogP contribution in [0.5, 0.6) is 0 Å². The number of hydrazine groups is 1. The van der Waals surface area contributed by atoms with Crippen LogP contribution >= 0.6 is 0 Å². The molecule has 0 spiro atoms. The van der Waals surface area contributed by atoms with Gasteiger partial charge in [-0.3, -0.25) is 0 Å². The fraction of sp³-hybridized carbons (Fsp3) is 0.370. The normalized spacial score (nSPS) is 18.7. The summed E-state index contributed by atoms with van der Waals surface area (Å²) in [7, 11) is 2.15. The van der Waals surface area contributed by atoms with E-state index >= 15 is 0 Å². The van der Waals surface area contributed by atoms with Crippen LogP contribution in [0.3, 0.4) is 0 Å². The van der Waals surface area contributed by atoms with Gasteiger partial charge in [-0.2, -0.15) is 9.99 Å². The van der Waals surface area contributed by atoms with Crippen molar-refractivity contribution in [3.63, 3.8) is 0 Å². The summed E-state index contributed by atoms with van der Waals surface area (Å²) < 4.78 is 0. The summed E-state index contributed by atoms with van der Waals surface area (Å²) >= 11 is 0. The highest BCUT2D eigenvalue weighted by atomic mass is 16.3. The number of pyridine rings is 1. The summed E-state index contributed by atoms with van der Waals surface area (Å²) in [6, 6.07) is 13.7. The van der Waals surface area contributed by atoms with E-state index in [1.807, 2.05) is 24.3 Å². The van der Waals surface area contributed by atoms with Crippen LogP contribution in [0.15, 0.2) is 61.3 Å². The average molecular weight is 503 g/mol. The van der Waals surface area contributed by atoms with Crippen molar-refractivity contribution < 1.29 is 10.2 Å². The van der Waals surface area contributed by atoms with Crippen LogP contribution in [-0.4, -0.2) is 74.8 Å². The molecule has 3 aromatic rings. The molecule has 1 atom stereocenters. The fourth-order valence-corrected chi connectivity index (χ4v) is 4.57. The van der Waals surface area contributed by atoms with Crippen molar-refractivity contribution >= 4 is 29.0 Å². The first-order valence-electron chi connectivity index (χ1n) is 12.5. The molecule has 10 heteroatoms. The summed E-state index contributed by atoms with van der Waals surface area (Å²) in [6.07, 6.45) is 2.37. The second kappa shape index (κ2) is 10.1. The van der Waals surface area contributed by atoms with E-state index in [-0.39, 0.29) is 0 Å². The molecule has 1 fully saturated rings. The van der Waals surface area contributed by atoms with E-state index in [4.69, 9.17) is 4.98 Å². The number of anilines is 5. The highest BCUT2D eigenvalue weighted by molar-refractivity contribution is 5.66. The molecule has 10 nitrogen and oxygen atoms in total. The Kier molecular flexibility index (Phi) is 6.82. The Morgan fingerprint density at radius 2 is 1.81 bits per heavy atom. The van der Waals surface area contributed by atoms with Gasteiger partial charge in [0.15, 0.2) is 12.0 Å². The maximum absolute atomic E-state index is 11.0. The second-order valence-electron chi connectivity index (χ2n) is 9.97. The Labute approximate surface area is 217 Å². The maximum atomic E-state index is 11.0. The summed E-state index contributed by atoms with van der Waals surface area (Å²) in [6.45, 7) is 11.7. The minimum atomic E-state index is -1.12.